The van der Waals surface area contributed by atoms with Gasteiger partial charge in [-0.2, -0.15) is 0 Å². The van der Waals surface area contributed by atoms with E-state index >= 15 is 0 Å². The lowest BCUT2D eigenvalue weighted by molar-refractivity contribution is 1.67. The van der Waals surface area contributed by atoms with Gasteiger partial charge in [0.25, 0.3) is 0 Å². The van der Waals surface area contributed by atoms with E-state index < -0.39 is 0 Å². The van der Waals surface area contributed by atoms with Crippen LogP contribution in [0.2, 0.25) is 5.02 Å². The van der Waals surface area contributed by atoms with E-state index in [1.807, 2.05) is 24.3 Å². The third-order valence-electron chi connectivity index (χ3n) is 1.88. The van der Waals surface area contributed by atoms with E-state index in [1.165, 1.54) is 5.39 Å². The lowest BCUT2D eigenvalue weighted by Gasteiger charge is -2.04. The first-order valence-electron chi connectivity index (χ1n) is 3.72. The Kier molecular flexibility index (Phi) is 2.63. The topological polar surface area (TPSA) is 0 Å². The molecule has 3 heteroatoms. The summed E-state index contributed by atoms with van der Waals surface area (Å²) >= 11 is 13.0. The van der Waals surface area contributed by atoms with E-state index in [-0.39, 0.29) is 0 Å². The molecule has 0 spiro atoms. The summed E-state index contributed by atoms with van der Waals surface area (Å²) in [7, 11) is 0. The molecule has 13 heavy (non-hydrogen) atoms. The summed E-state index contributed by atoms with van der Waals surface area (Å²) in [5.74, 6) is 0. The standard InChI is InChI=1S/C10H5Br2Cl/c11-7-3-1-2-6-4-5-8(13)10(12)9(6)7/h1-5H. The number of hydrogen-bond acceptors (Lipinski definition) is 0. The fraction of sp³-hybridized carbons (Fsp3) is 0. The average molecular weight is 320 g/mol. The van der Waals surface area contributed by atoms with Crippen molar-refractivity contribution in [1.82, 2.24) is 0 Å². The van der Waals surface area contributed by atoms with Crippen LogP contribution in [0.3, 0.4) is 0 Å². The molecule has 0 saturated heterocycles. The van der Waals surface area contributed by atoms with Crippen LogP contribution < -0.4 is 0 Å². The smallest absolute Gasteiger partial charge is 0.0555 e. The van der Waals surface area contributed by atoms with Crippen molar-refractivity contribution in [2.45, 2.75) is 0 Å². The van der Waals surface area contributed by atoms with Gasteiger partial charge in [0, 0.05) is 14.3 Å². The second kappa shape index (κ2) is 3.60. The number of rotatable bonds is 0. The zero-order valence-electron chi connectivity index (χ0n) is 6.52. The van der Waals surface area contributed by atoms with Gasteiger partial charge >= 0.3 is 0 Å². The van der Waals surface area contributed by atoms with Crippen LogP contribution in [-0.2, 0) is 0 Å². The number of halogens is 3. The third-order valence-corrected chi connectivity index (χ3v) is 3.91. The molecule has 0 fully saturated rings. The molecule has 0 atom stereocenters. The second-order valence-electron chi connectivity index (χ2n) is 2.70. The molecule has 0 aliphatic heterocycles. The van der Waals surface area contributed by atoms with Gasteiger partial charge in [-0.1, -0.05) is 45.7 Å². The van der Waals surface area contributed by atoms with Gasteiger partial charge in [0.2, 0.25) is 0 Å². The highest BCUT2D eigenvalue weighted by atomic mass is 79.9. The minimum atomic E-state index is 0.736. The van der Waals surface area contributed by atoms with E-state index in [4.69, 9.17) is 11.6 Å². The fourth-order valence-corrected chi connectivity index (χ4v) is 2.84. The van der Waals surface area contributed by atoms with E-state index in [0.29, 0.717) is 0 Å². The Hall–Kier alpha value is -0.0500. The number of benzene rings is 2. The van der Waals surface area contributed by atoms with Crippen LogP contribution in [0.1, 0.15) is 0 Å². The first-order chi connectivity index (χ1) is 6.20. The molecule has 66 valence electrons. The zero-order valence-corrected chi connectivity index (χ0v) is 10.4. The second-order valence-corrected chi connectivity index (χ2v) is 4.75. The molecule has 0 aliphatic carbocycles. The Labute approximate surface area is 98.2 Å². The van der Waals surface area contributed by atoms with Crippen LogP contribution in [-0.4, -0.2) is 0 Å². The van der Waals surface area contributed by atoms with E-state index in [2.05, 4.69) is 37.9 Å². The fourth-order valence-electron chi connectivity index (χ4n) is 1.27. The molecular weight excluding hydrogens is 315 g/mol. The van der Waals surface area contributed by atoms with Gasteiger partial charge in [-0.3, -0.25) is 0 Å². The lowest BCUT2D eigenvalue weighted by atomic mass is 10.1. The van der Waals surface area contributed by atoms with Gasteiger partial charge in [0.15, 0.2) is 0 Å². The molecule has 2 aromatic rings. The number of fused-ring (bicyclic) bond motifs is 1. The van der Waals surface area contributed by atoms with Crippen LogP contribution in [0.25, 0.3) is 10.8 Å². The maximum Gasteiger partial charge on any atom is 0.0555 e. The molecule has 0 aliphatic rings. The summed E-state index contributed by atoms with van der Waals surface area (Å²) < 4.78 is 2.00. The SMILES string of the molecule is Clc1ccc2cccc(Br)c2c1Br. The molecular formula is C10H5Br2Cl. The van der Waals surface area contributed by atoms with Crippen LogP contribution in [0.4, 0.5) is 0 Å². The van der Waals surface area contributed by atoms with Gasteiger partial charge < -0.3 is 0 Å². The Morgan fingerprint density at radius 1 is 1.00 bits per heavy atom. The molecule has 0 heterocycles. The molecule has 0 unspecified atom stereocenters. The van der Waals surface area contributed by atoms with Crippen molar-refractivity contribution < 1.29 is 0 Å². The van der Waals surface area contributed by atoms with Gasteiger partial charge in [-0.05, 0) is 33.4 Å². The molecule has 2 aromatic carbocycles. The van der Waals surface area contributed by atoms with Crippen molar-refractivity contribution in [1.29, 1.82) is 0 Å². The molecule has 0 radical (unpaired) electrons. The third kappa shape index (κ3) is 1.63. The Balaban J connectivity index is 2.97. The Morgan fingerprint density at radius 2 is 1.77 bits per heavy atom. The van der Waals surface area contributed by atoms with E-state index in [9.17, 15) is 0 Å². The number of hydrogen-bond donors (Lipinski definition) is 0. The van der Waals surface area contributed by atoms with E-state index in [0.717, 1.165) is 19.4 Å². The van der Waals surface area contributed by atoms with Crippen LogP contribution in [0.5, 0.6) is 0 Å². The van der Waals surface area contributed by atoms with Crippen molar-refractivity contribution in [2.24, 2.45) is 0 Å². The summed E-state index contributed by atoms with van der Waals surface area (Å²) in [4.78, 5) is 0. The molecule has 0 aromatic heterocycles. The maximum absolute atomic E-state index is 5.99. The van der Waals surface area contributed by atoms with Crippen LogP contribution in [0, 0.1) is 0 Å². The highest BCUT2D eigenvalue weighted by Crippen LogP contribution is 2.35. The quantitative estimate of drug-likeness (QED) is 0.639. The Bertz CT molecular complexity index is 466. The molecule has 0 nitrogen and oxygen atoms in total. The van der Waals surface area contributed by atoms with Crippen LogP contribution >= 0.6 is 43.5 Å². The summed E-state index contributed by atoms with van der Waals surface area (Å²) in [5, 5.41) is 3.03. The minimum Gasteiger partial charge on any atom is -0.0831 e. The highest BCUT2D eigenvalue weighted by molar-refractivity contribution is 9.11. The van der Waals surface area contributed by atoms with Crippen molar-refractivity contribution in [3.8, 4) is 0 Å². The van der Waals surface area contributed by atoms with Crippen LogP contribution in [0.15, 0.2) is 39.3 Å². The van der Waals surface area contributed by atoms with E-state index in [1.54, 1.807) is 0 Å². The molecule has 0 amide bonds. The maximum atomic E-state index is 5.99. The van der Waals surface area contributed by atoms with Crippen molar-refractivity contribution in [3.05, 3.63) is 44.3 Å². The monoisotopic (exact) mass is 318 g/mol. The van der Waals surface area contributed by atoms with Crippen molar-refractivity contribution in [3.63, 3.8) is 0 Å². The van der Waals surface area contributed by atoms with Gasteiger partial charge in [-0.15, -0.1) is 0 Å². The van der Waals surface area contributed by atoms with Crippen molar-refractivity contribution in [2.75, 3.05) is 0 Å². The van der Waals surface area contributed by atoms with Gasteiger partial charge in [-0.25, -0.2) is 0 Å². The predicted molar refractivity (Wildman–Crippen MR) is 64.4 cm³/mol. The minimum absolute atomic E-state index is 0.736. The molecule has 0 saturated carbocycles. The largest absolute Gasteiger partial charge is 0.0831 e. The average Bonchev–Trinajstić information content (AvgIpc) is 2.12. The molecule has 0 bridgehead atoms. The first-order valence-corrected chi connectivity index (χ1v) is 5.69. The Morgan fingerprint density at radius 3 is 2.54 bits per heavy atom. The van der Waals surface area contributed by atoms with Gasteiger partial charge in [0.1, 0.15) is 0 Å². The normalized spacial score (nSPS) is 10.7. The zero-order chi connectivity index (χ0) is 9.42. The van der Waals surface area contributed by atoms with Crippen molar-refractivity contribution >= 4 is 54.2 Å². The summed E-state index contributed by atoms with van der Waals surface area (Å²) in [6.45, 7) is 0. The summed E-state index contributed by atoms with van der Waals surface area (Å²) in [6, 6.07) is 9.96. The highest BCUT2D eigenvalue weighted by Gasteiger charge is 2.05. The van der Waals surface area contributed by atoms with Gasteiger partial charge in [0.05, 0.1) is 5.02 Å². The summed E-state index contributed by atoms with van der Waals surface area (Å²) in [5.41, 5.74) is 0. The first kappa shape index (κ1) is 9.50. The lowest BCUT2D eigenvalue weighted by Crippen LogP contribution is -1.77. The molecule has 0 N–H and O–H groups in total. The molecule has 2 rings (SSSR count). The predicted octanol–water partition coefficient (Wildman–Crippen LogP) is 5.02. The summed E-state index contributed by atoms with van der Waals surface area (Å²) in [6.07, 6.45) is 0.